The quantitative estimate of drug-likeness (QED) is 0.724. The van der Waals surface area contributed by atoms with Crippen LogP contribution in [-0.2, 0) is 6.42 Å². The van der Waals surface area contributed by atoms with E-state index in [0.717, 1.165) is 28.8 Å². The minimum absolute atomic E-state index is 0.805. The SMILES string of the molecule is CCc1ncnc2c(OC)cccc12. The monoisotopic (exact) mass is 188 g/mol. The first kappa shape index (κ1) is 8.94. The number of methoxy groups -OCH3 is 1. The van der Waals surface area contributed by atoms with Crippen molar-refractivity contribution in [2.45, 2.75) is 13.3 Å². The molecule has 2 aromatic rings. The molecule has 1 aromatic carbocycles. The lowest BCUT2D eigenvalue weighted by molar-refractivity contribution is 0.419. The molecule has 0 radical (unpaired) electrons. The average Bonchev–Trinajstić information content (AvgIpc) is 2.27. The molecule has 0 fully saturated rings. The van der Waals surface area contributed by atoms with Crippen LogP contribution in [0.5, 0.6) is 5.75 Å². The summed E-state index contributed by atoms with van der Waals surface area (Å²) in [5.41, 5.74) is 1.95. The van der Waals surface area contributed by atoms with Gasteiger partial charge in [-0.2, -0.15) is 0 Å². The molecule has 1 heterocycles. The zero-order chi connectivity index (χ0) is 9.97. The number of aromatic nitrogens is 2. The fourth-order valence-electron chi connectivity index (χ4n) is 1.56. The molecule has 3 nitrogen and oxygen atoms in total. The number of rotatable bonds is 2. The minimum atomic E-state index is 0.805. The van der Waals surface area contributed by atoms with Gasteiger partial charge in [-0.25, -0.2) is 9.97 Å². The number of benzene rings is 1. The highest BCUT2D eigenvalue weighted by Crippen LogP contribution is 2.24. The van der Waals surface area contributed by atoms with Crippen molar-refractivity contribution >= 4 is 10.9 Å². The molecule has 1 aromatic heterocycles. The molecule has 0 aliphatic heterocycles. The van der Waals surface area contributed by atoms with Crippen molar-refractivity contribution in [3.05, 3.63) is 30.2 Å². The molecular weight excluding hydrogens is 176 g/mol. The number of aryl methyl sites for hydroxylation is 1. The average molecular weight is 188 g/mol. The molecule has 0 N–H and O–H groups in total. The van der Waals surface area contributed by atoms with Crippen molar-refractivity contribution in [1.82, 2.24) is 9.97 Å². The Bertz CT molecular complexity index is 411. The van der Waals surface area contributed by atoms with E-state index in [0.29, 0.717) is 0 Å². The highest BCUT2D eigenvalue weighted by atomic mass is 16.5. The van der Waals surface area contributed by atoms with Crippen LogP contribution in [0.4, 0.5) is 0 Å². The zero-order valence-corrected chi connectivity index (χ0v) is 8.32. The summed E-state index contributed by atoms with van der Waals surface area (Å²) in [7, 11) is 1.66. The predicted molar refractivity (Wildman–Crippen MR) is 55.5 cm³/mol. The number of hydrogen-bond donors (Lipinski definition) is 0. The molecule has 0 spiro atoms. The van der Waals surface area contributed by atoms with Gasteiger partial charge >= 0.3 is 0 Å². The fraction of sp³-hybridized carbons (Fsp3) is 0.273. The van der Waals surface area contributed by atoms with Crippen molar-refractivity contribution in [2.75, 3.05) is 7.11 Å². The number of fused-ring (bicyclic) bond motifs is 1. The Balaban J connectivity index is 2.77. The normalized spacial score (nSPS) is 10.4. The van der Waals surface area contributed by atoms with E-state index in [1.165, 1.54) is 0 Å². The van der Waals surface area contributed by atoms with Gasteiger partial charge in [0, 0.05) is 5.39 Å². The topological polar surface area (TPSA) is 35.0 Å². The van der Waals surface area contributed by atoms with Gasteiger partial charge in [-0.3, -0.25) is 0 Å². The molecule has 0 amide bonds. The van der Waals surface area contributed by atoms with Crippen LogP contribution in [0.2, 0.25) is 0 Å². The largest absolute Gasteiger partial charge is 0.494 e. The minimum Gasteiger partial charge on any atom is -0.494 e. The molecule has 14 heavy (non-hydrogen) atoms. The molecule has 0 atom stereocenters. The second-order valence-corrected chi connectivity index (χ2v) is 3.03. The van der Waals surface area contributed by atoms with Gasteiger partial charge in [0.15, 0.2) is 0 Å². The van der Waals surface area contributed by atoms with Crippen molar-refractivity contribution < 1.29 is 4.74 Å². The second kappa shape index (κ2) is 3.62. The lowest BCUT2D eigenvalue weighted by Crippen LogP contribution is -1.93. The van der Waals surface area contributed by atoms with Gasteiger partial charge < -0.3 is 4.74 Å². The maximum absolute atomic E-state index is 5.24. The smallest absolute Gasteiger partial charge is 0.145 e. The van der Waals surface area contributed by atoms with Gasteiger partial charge in [0.1, 0.15) is 17.6 Å². The van der Waals surface area contributed by atoms with Crippen LogP contribution in [0.15, 0.2) is 24.5 Å². The van der Waals surface area contributed by atoms with Crippen LogP contribution in [-0.4, -0.2) is 17.1 Å². The van der Waals surface area contributed by atoms with Crippen LogP contribution in [0, 0.1) is 0 Å². The summed E-state index contributed by atoms with van der Waals surface area (Å²) in [6.45, 7) is 2.08. The summed E-state index contributed by atoms with van der Waals surface area (Å²) >= 11 is 0. The summed E-state index contributed by atoms with van der Waals surface area (Å²) < 4.78 is 5.24. The zero-order valence-electron chi connectivity index (χ0n) is 8.32. The van der Waals surface area contributed by atoms with E-state index in [-0.39, 0.29) is 0 Å². The number of hydrogen-bond acceptors (Lipinski definition) is 3. The molecule has 3 heteroatoms. The maximum Gasteiger partial charge on any atom is 0.145 e. The Hall–Kier alpha value is -1.64. The van der Waals surface area contributed by atoms with E-state index < -0.39 is 0 Å². The second-order valence-electron chi connectivity index (χ2n) is 3.03. The van der Waals surface area contributed by atoms with E-state index in [4.69, 9.17) is 4.74 Å². The van der Waals surface area contributed by atoms with Crippen LogP contribution >= 0.6 is 0 Å². The molecule has 0 bridgehead atoms. The van der Waals surface area contributed by atoms with Gasteiger partial charge in [-0.15, -0.1) is 0 Å². The Labute approximate surface area is 82.8 Å². The number of nitrogens with zero attached hydrogens (tertiary/aromatic N) is 2. The molecule has 72 valence electrons. The van der Waals surface area contributed by atoms with Crippen LogP contribution in [0.3, 0.4) is 0 Å². The third-order valence-corrected chi connectivity index (χ3v) is 2.27. The summed E-state index contributed by atoms with van der Waals surface area (Å²) in [4.78, 5) is 8.46. The molecule has 0 aliphatic carbocycles. The predicted octanol–water partition coefficient (Wildman–Crippen LogP) is 2.20. The highest BCUT2D eigenvalue weighted by Gasteiger charge is 2.05. The van der Waals surface area contributed by atoms with Gasteiger partial charge in [-0.05, 0) is 12.5 Å². The first-order chi connectivity index (χ1) is 6.86. The molecule has 0 aliphatic rings. The van der Waals surface area contributed by atoms with Gasteiger partial charge in [-0.1, -0.05) is 19.1 Å². The van der Waals surface area contributed by atoms with E-state index in [2.05, 4.69) is 16.9 Å². The van der Waals surface area contributed by atoms with Crippen LogP contribution < -0.4 is 4.74 Å². The Kier molecular flexibility index (Phi) is 2.31. The van der Waals surface area contributed by atoms with Gasteiger partial charge in [0.2, 0.25) is 0 Å². The van der Waals surface area contributed by atoms with E-state index in [1.54, 1.807) is 13.4 Å². The highest BCUT2D eigenvalue weighted by molar-refractivity contribution is 5.86. The molecule has 2 rings (SSSR count). The lowest BCUT2D eigenvalue weighted by atomic mass is 10.1. The van der Waals surface area contributed by atoms with Gasteiger partial charge in [0.25, 0.3) is 0 Å². The van der Waals surface area contributed by atoms with E-state index in [1.807, 2.05) is 18.2 Å². The first-order valence-electron chi connectivity index (χ1n) is 4.63. The maximum atomic E-state index is 5.24. The Morgan fingerprint density at radius 1 is 1.29 bits per heavy atom. The van der Waals surface area contributed by atoms with E-state index >= 15 is 0 Å². The van der Waals surface area contributed by atoms with Crippen molar-refractivity contribution in [3.63, 3.8) is 0 Å². The fourth-order valence-corrected chi connectivity index (χ4v) is 1.56. The third-order valence-electron chi connectivity index (χ3n) is 2.27. The molecular formula is C11H12N2O. The Morgan fingerprint density at radius 3 is 2.86 bits per heavy atom. The van der Waals surface area contributed by atoms with Crippen LogP contribution in [0.25, 0.3) is 10.9 Å². The van der Waals surface area contributed by atoms with Crippen molar-refractivity contribution in [2.24, 2.45) is 0 Å². The summed E-state index contributed by atoms with van der Waals surface area (Å²) in [6, 6.07) is 5.90. The molecule has 0 saturated carbocycles. The summed E-state index contributed by atoms with van der Waals surface area (Å²) in [5.74, 6) is 0.805. The lowest BCUT2D eigenvalue weighted by Gasteiger charge is -2.05. The first-order valence-corrected chi connectivity index (χ1v) is 4.63. The van der Waals surface area contributed by atoms with Gasteiger partial charge in [0.05, 0.1) is 12.8 Å². The van der Waals surface area contributed by atoms with Crippen molar-refractivity contribution in [3.8, 4) is 5.75 Å². The Morgan fingerprint density at radius 2 is 2.14 bits per heavy atom. The summed E-state index contributed by atoms with van der Waals surface area (Å²) in [5, 5.41) is 1.08. The molecule has 0 unspecified atom stereocenters. The van der Waals surface area contributed by atoms with Crippen LogP contribution in [0.1, 0.15) is 12.6 Å². The standard InChI is InChI=1S/C11H12N2O/c1-3-9-8-5-4-6-10(14-2)11(8)13-7-12-9/h4-7H,3H2,1-2H3. The van der Waals surface area contributed by atoms with Crippen molar-refractivity contribution in [1.29, 1.82) is 0 Å². The summed E-state index contributed by atoms with van der Waals surface area (Å²) in [6.07, 6.45) is 2.50. The molecule has 0 saturated heterocycles. The third kappa shape index (κ3) is 1.31. The number of ether oxygens (including phenoxy) is 1. The number of para-hydroxylation sites is 1. The van der Waals surface area contributed by atoms with E-state index in [9.17, 15) is 0 Å².